The van der Waals surface area contributed by atoms with Crippen LogP contribution in [0.25, 0.3) is 0 Å². The third-order valence-corrected chi connectivity index (χ3v) is 4.58. The first-order chi connectivity index (χ1) is 8.07. The van der Waals surface area contributed by atoms with E-state index in [1.54, 1.807) is 18.2 Å². The zero-order valence-corrected chi connectivity index (χ0v) is 11.6. The van der Waals surface area contributed by atoms with Crippen LogP contribution in [0.2, 0.25) is 0 Å². The Kier molecular flexibility index (Phi) is 3.88. The molecule has 0 radical (unpaired) electrons. The lowest BCUT2D eigenvalue weighted by Crippen LogP contribution is -2.32. The maximum Gasteiger partial charge on any atom is 0.143 e. The van der Waals surface area contributed by atoms with E-state index in [0.717, 1.165) is 19.3 Å². The van der Waals surface area contributed by atoms with E-state index in [4.69, 9.17) is 0 Å². The molecule has 0 saturated heterocycles. The zero-order valence-electron chi connectivity index (χ0n) is 10.0. The van der Waals surface area contributed by atoms with Crippen molar-refractivity contribution in [2.45, 2.75) is 44.6 Å². The topological polar surface area (TPSA) is 20.2 Å². The summed E-state index contributed by atoms with van der Waals surface area (Å²) in [6.07, 6.45) is 4.45. The maximum absolute atomic E-state index is 14.0. The van der Waals surface area contributed by atoms with Gasteiger partial charge < -0.3 is 5.11 Å². The predicted octanol–water partition coefficient (Wildman–Crippen LogP) is 4.38. The van der Waals surface area contributed by atoms with Crippen molar-refractivity contribution < 1.29 is 9.50 Å². The summed E-state index contributed by atoms with van der Waals surface area (Å²) in [5.41, 5.74) is -0.527. The predicted molar refractivity (Wildman–Crippen MR) is 70.2 cm³/mol. The Bertz CT molecular complexity index is 397. The Hall–Kier alpha value is -0.410. The van der Waals surface area contributed by atoms with Gasteiger partial charge in [-0.3, -0.25) is 0 Å². The van der Waals surface area contributed by atoms with Gasteiger partial charge in [-0.2, -0.15) is 0 Å². The first-order valence-corrected chi connectivity index (χ1v) is 7.03. The number of rotatable bonds is 2. The van der Waals surface area contributed by atoms with Gasteiger partial charge in [0, 0.05) is 5.56 Å². The minimum atomic E-state index is -0.973. The standard InChI is InChI=1S/C14H18BrFO/c1-2-10-6-8-14(17,9-7-10)11-4-3-5-12(15)13(11)16/h3-5,10,17H,2,6-9H2,1H3. The second-order valence-corrected chi connectivity index (χ2v) is 5.84. The first-order valence-electron chi connectivity index (χ1n) is 6.23. The largest absolute Gasteiger partial charge is 0.385 e. The Labute approximate surface area is 110 Å². The molecule has 0 unspecified atom stereocenters. The summed E-state index contributed by atoms with van der Waals surface area (Å²) in [6, 6.07) is 5.15. The number of aliphatic hydroxyl groups is 1. The van der Waals surface area contributed by atoms with Crippen LogP contribution in [-0.4, -0.2) is 5.11 Å². The van der Waals surface area contributed by atoms with Crippen molar-refractivity contribution in [1.29, 1.82) is 0 Å². The van der Waals surface area contributed by atoms with E-state index in [9.17, 15) is 9.50 Å². The van der Waals surface area contributed by atoms with Gasteiger partial charge in [0.15, 0.2) is 0 Å². The SMILES string of the molecule is CCC1CCC(O)(c2cccc(Br)c2F)CC1. The molecule has 1 nitrogen and oxygen atoms in total. The quantitative estimate of drug-likeness (QED) is 0.859. The molecule has 0 aliphatic heterocycles. The molecule has 2 rings (SSSR count). The van der Waals surface area contributed by atoms with Gasteiger partial charge >= 0.3 is 0 Å². The van der Waals surface area contributed by atoms with Gasteiger partial charge in [-0.1, -0.05) is 25.5 Å². The smallest absolute Gasteiger partial charge is 0.143 e. The number of benzene rings is 1. The second kappa shape index (κ2) is 5.07. The highest BCUT2D eigenvalue weighted by atomic mass is 79.9. The number of hydrogen-bond acceptors (Lipinski definition) is 1. The van der Waals surface area contributed by atoms with Crippen molar-refractivity contribution in [3.05, 3.63) is 34.1 Å². The highest BCUT2D eigenvalue weighted by Crippen LogP contribution is 2.42. The van der Waals surface area contributed by atoms with E-state index in [1.807, 2.05) is 0 Å². The number of hydrogen-bond donors (Lipinski definition) is 1. The van der Waals surface area contributed by atoms with Gasteiger partial charge in [0.2, 0.25) is 0 Å². The summed E-state index contributed by atoms with van der Waals surface area (Å²) in [7, 11) is 0. The monoisotopic (exact) mass is 300 g/mol. The van der Waals surface area contributed by atoms with Crippen molar-refractivity contribution in [1.82, 2.24) is 0 Å². The number of halogens is 2. The van der Waals surface area contributed by atoms with Gasteiger partial charge in [0.1, 0.15) is 5.82 Å². The Morgan fingerprint density at radius 2 is 2.06 bits per heavy atom. The third kappa shape index (κ3) is 2.55. The molecule has 94 valence electrons. The molecular formula is C14H18BrFO. The zero-order chi connectivity index (χ0) is 12.5. The molecule has 0 aromatic heterocycles. The van der Waals surface area contributed by atoms with Crippen molar-refractivity contribution in [2.24, 2.45) is 5.92 Å². The minimum Gasteiger partial charge on any atom is -0.385 e. The van der Waals surface area contributed by atoms with Crippen molar-refractivity contribution in [2.75, 3.05) is 0 Å². The van der Waals surface area contributed by atoms with E-state index in [-0.39, 0.29) is 5.82 Å². The fourth-order valence-electron chi connectivity index (χ4n) is 2.70. The highest BCUT2D eigenvalue weighted by molar-refractivity contribution is 9.10. The van der Waals surface area contributed by atoms with Crippen LogP contribution in [0.3, 0.4) is 0 Å². The molecule has 3 heteroatoms. The van der Waals surface area contributed by atoms with Crippen LogP contribution in [0.1, 0.15) is 44.6 Å². The van der Waals surface area contributed by atoms with Gasteiger partial charge in [-0.15, -0.1) is 0 Å². The molecule has 0 spiro atoms. The molecule has 0 bridgehead atoms. The van der Waals surface area contributed by atoms with Crippen LogP contribution < -0.4 is 0 Å². The summed E-state index contributed by atoms with van der Waals surface area (Å²) < 4.78 is 14.4. The maximum atomic E-state index is 14.0. The normalized spacial score (nSPS) is 29.3. The van der Waals surface area contributed by atoms with Gasteiger partial charge in [-0.05, 0) is 53.6 Å². The van der Waals surface area contributed by atoms with E-state index in [0.29, 0.717) is 28.8 Å². The minimum absolute atomic E-state index is 0.315. The van der Waals surface area contributed by atoms with Crippen LogP contribution in [0, 0.1) is 11.7 Å². The molecule has 0 heterocycles. The molecule has 0 amide bonds. The van der Waals surface area contributed by atoms with Crippen LogP contribution in [0.15, 0.2) is 22.7 Å². The van der Waals surface area contributed by atoms with Crippen molar-refractivity contribution in [3.63, 3.8) is 0 Å². The molecule has 1 fully saturated rings. The van der Waals surface area contributed by atoms with Crippen LogP contribution >= 0.6 is 15.9 Å². The van der Waals surface area contributed by atoms with Crippen molar-refractivity contribution in [3.8, 4) is 0 Å². The summed E-state index contributed by atoms with van der Waals surface area (Å²) in [5, 5.41) is 10.6. The van der Waals surface area contributed by atoms with Crippen LogP contribution in [0.5, 0.6) is 0 Å². The molecular weight excluding hydrogens is 283 g/mol. The van der Waals surface area contributed by atoms with Gasteiger partial charge in [0.05, 0.1) is 10.1 Å². The first kappa shape index (κ1) is 13.0. The summed E-state index contributed by atoms with van der Waals surface area (Å²) in [5.74, 6) is 0.371. The van der Waals surface area contributed by atoms with Gasteiger partial charge in [-0.25, -0.2) is 4.39 Å². The summed E-state index contributed by atoms with van der Waals surface area (Å²) in [6.45, 7) is 2.18. The van der Waals surface area contributed by atoms with Crippen LogP contribution in [0.4, 0.5) is 4.39 Å². The lowest BCUT2D eigenvalue weighted by Gasteiger charge is -2.36. The highest BCUT2D eigenvalue weighted by Gasteiger charge is 2.36. The van der Waals surface area contributed by atoms with Crippen LogP contribution in [-0.2, 0) is 5.60 Å². The molecule has 0 atom stereocenters. The van der Waals surface area contributed by atoms with Gasteiger partial charge in [0.25, 0.3) is 0 Å². The average molecular weight is 301 g/mol. The summed E-state index contributed by atoms with van der Waals surface area (Å²) in [4.78, 5) is 0. The Morgan fingerprint density at radius 1 is 1.41 bits per heavy atom. The molecule has 1 aromatic carbocycles. The molecule has 1 N–H and O–H groups in total. The third-order valence-electron chi connectivity index (χ3n) is 3.96. The average Bonchev–Trinajstić information content (AvgIpc) is 2.33. The lowest BCUT2D eigenvalue weighted by atomic mass is 9.74. The van der Waals surface area contributed by atoms with E-state index < -0.39 is 5.60 Å². The van der Waals surface area contributed by atoms with Crippen molar-refractivity contribution >= 4 is 15.9 Å². The fourth-order valence-corrected chi connectivity index (χ4v) is 3.06. The molecule has 1 aliphatic carbocycles. The molecule has 1 aromatic rings. The molecule has 17 heavy (non-hydrogen) atoms. The molecule has 1 aliphatic rings. The Morgan fingerprint density at radius 3 is 2.65 bits per heavy atom. The lowest BCUT2D eigenvalue weighted by molar-refractivity contribution is -0.0175. The van der Waals surface area contributed by atoms with E-state index >= 15 is 0 Å². The molecule has 1 saturated carbocycles. The van der Waals surface area contributed by atoms with E-state index in [2.05, 4.69) is 22.9 Å². The fraction of sp³-hybridized carbons (Fsp3) is 0.571. The Balaban J connectivity index is 2.24. The van der Waals surface area contributed by atoms with E-state index in [1.165, 1.54) is 0 Å². The second-order valence-electron chi connectivity index (χ2n) is 4.98. The summed E-state index contributed by atoms with van der Waals surface area (Å²) >= 11 is 3.18.